The van der Waals surface area contributed by atoms with Crippen molar-refractivity contribution in [1.82, 2.24) is 4.57 Å². The Kier molecular flexibility index (Phi) is 7.37. The Hall–Kier alpha value is -6.26. The van der Waals surface area contributed by atoms with E-state index in [1.54, 1.807) is 0 Å². The van der Waals surface area contributed by atoms with Gasteiger partial charge in [0.25, 0.3) is 0 Å². The Morgan fingerprint density at radius 1 is 0.574 bits per heavy atom. The van der Waals surface area contributed by atoms with Crippen LogP contribution in [-0.2, 0) is 0 Å². The number of aliphatic imine (C=N–C) groups is 2. The zero-order valence-corrected chi connectivity index (χ0v) is 25.9. The van der Waals surface area contributed by atoms with Crippen LogP contribution in [-0.4, -0.2) is 23.7 Å². The van der Waals surface area contributed by atoms with E-state index in [1.807, 2.05) is 54.6 Å². The molecule has 0 radical (unpaired) electrons. The van der Waals surface area contributed by atoms with E-state index in [-0.39, 0.29) is 0 Å². The minimum Gasteiger partial charge on any atom is -0.320 e. The summed E-state index contributed by atoms with van der Waals surface area (Å²) in [5, 5.41) is 1.22. The molecular formula is C43H32N4. The van der Waals surface area contributed by atoms with E-state index >= 15 is 0 Å². The molecule has 0 fully saturated rings. The van der Waals surface area contributed by atoms with Gasteiger partial charge in [0.1, 0.15) is 6.67 Å². The molecule has 4 nitrogen and oxygen atoms in total. The fraction of sp³-hybridized carbons (Fsp3) is 0.0233. The van der Waals surface area contributed by atoms with Crippen LogP contribution >= 0.6 is 0 Å². The van der Waals surface area contributed by atoms with Crippen LogP contribution in [0.3, 0.4) is 0 Å². The predicted molar refractivity (Wildman–Crippen MR) is 198 cm³/mol. The lowest BCUT2D eigenvalue weighted by Gasteiger charge is -2.26. The first-order chi connectivity index (χ1) is 23.3. The number of aromatic nitrogens is 1. The average Bonchev–Trinajstić information content (AvgIpc) is 3.43. The first kappa shape index (κ1) is 28.2. The molecule has 0 amide bonds. The highest BCUT2D eigenvalue weighted by Gasteiger charge is 2.30. The molecular weight excluding hydrogens is 573 g/mol. The van der Waals surface area contributed by atoms with Crippen LogP contribution in [0.15, 0.2) is 180 Å². The number of nitrogens with zero attached hydrogens (tertiary/aromatic N) is 4. The summed E-state index contributed by atoms with van der Waals surface area (Å²) in [5.41, 5.74) is 12.9. The van der Waals surface area contributed by atoms with Gasteiger partial charge in [-0.05, 0) is 48.7 Å². The molecule has 0 bridgehead atoms. The topological polar surface area (TPSA) is 32.9 Å². The molecule has 0 unspecified atom stereocenters. The molecule has 8 rings (SSSR count). The van der Waals surface area contributed by atoms with Crippen molar-refractivity contribution >= 4 is 40.4 Å². The second-order valence-electron chi connectivity index (χ2n) is 11.5. The molecule has 2 heterocycles. The van der Waals surface area contributed by atoms with Gasteiger partial charge in [-0.1, -0.05) is 133 Å². The SMILES string of the molecule is C=N/C(=C\C(=N/CN1c2ccccc2-c2c(n(-c3ccccc3)c3ccccc23)-c2ccccc21)c1ccccc1)c1ccccc1. The quantitative estimate of drug-likeness (QED) is 0.167. The Bertz CT molecular complexity index is 2280. The third-order valence-corrected chi connectivity index (χ3v) is 8.77. The molecule has 1 aromatic heterocycles. The minimum absolute atomic E-state index is 0.404. The number of fused-ring (bicyclic) bond motifs is 7. The molecule has 0 N–H and O–H groups in total. The lowest BCUT2D eigenvalue weighted by atomic mass is 9.98. The van der Waals surface area contributed by atoms with Crippen molar-refractivity contribution in [3.63, 3.8) is 0 Å². The summed E-state index contributed by atoms with van der Waals surface area (Å²) in [6, 6.07) is 57.2. The predicted octanol–water partition coefficient (Wildman–Crippen LogP) is 10.6. The second-order valence-corrected chi connectivity index (χ2v) is 11.5. The molecule has 7 aromatic rings. The van der Waals surface area contributed by atoms with Gasteiger partial charge in [-0.3, -0.25) is 9.98 Å². The summed E-state index contributed by atoms with van der Waals surface area (Å²) in [6.45, 7) is 4.30. The second kappa shape index (κ2) is 12.3. The molecule has 4 heteroatoms. The van der Waals surface area contributed by atoms with Crippen LogP contribution in [0, 0.1) is 0 Å². The van der Waals surface area contributed by atoms with Crippen molar-refractivity contribution in [3.05, 3.63) is 181 Å². The van der Waals surface area contributed by atoms with Crippen LogP contribution in [0.1, 0.15) is 11.1 Å². The van der Waals surface area contributed by atoms with Gasteiger partial charge in [0.2, 0.25) is 0 Å². The highest BCUT2D eigenvalue weighted by atomic mass is 15.2. The molecule has 0 aliphatic carbocycles. The molecule has 0 saturated heterocycles. The summed E-state index contributed by atoms with van der Waals surface area (Å²) >= 11 is 0. The van der Waals surface area contributed by atoms with E-state index in [9.17, 15) is 0 Å². The van der Waals surface area contributed by atoms with E-state index in [1.165, 1.54) is 27.7 Å². The maximum absolute atomic E-state index is 5.33. The normalized spacial score (nSPS) is 12.6. The Morgan fingerprint density at radius 3 is 1.83 bits per heavy atom. The molecule has 6 aromatic carbocycles. The van der Waals surface area contributed by atoms with E-state index in [0.717, 1.165) is 45.2 Å². The Balaban J connectivity index is 1.36. The number of rotatable bonds is 7. The van der Waals surface area contributed by atoms with Crippen LogP contribution in [0.4, 0.5) is 11.4 Å². The van der Waals surface area contributed by atoms with Crippen molar-refractivity contribution in [3.8, 4) is 28.1 Å². The third-order valence-electron chi connectivity index (χ3n) is 8.77. The number of para-hydroxylation sites is 4. The molecule has 0 saturated carbocycles. The van der Waals surface area contributed by atoms with Gasteiger partial charge >= 0.3 is 0 Å². The van der Waals surface area contributed by atoms with Crippen LogP contribution in [0.2, 0.25) is 0 Å². The van der Waals surface area contributed by atoms with Crippen molar-refractivity contribution in [2.75, 3.05) is 11.6 Å². The maximum Gasteiger partial charge on any atom is 0.115 e. The summed E-state index contributed by atoms with van der Waals surface area (Å²) in [6.07, 6.45) is 2.04. The standard InChI is InChI=1S/C43H32N4/c1-44-37(31-17-5-2-6-18-31)29-38(32-19-7-3-8-20-32)45-30-46-39-26-14-11-23-34(39)42-35-24-12-16-28-41(35)47(33-21-9-4-10-22-33)43(42)36-25-13-15-27-40(36)46/h2-29H,1,30H2/b37-29-,45-38+. The molecule has 1 aliphatic heterocycles. The maximum atomic E-state index is 5.33. The molecule has 224 valence electrons. The van der Waals surface area contributed by atoms with Crippen LogP contribution in [0.5, 0.6) is 0 Å². The lowest BCUT2D eigenvalue weighted by Crippen LogP contribution is -2.19. The van der Waals surface area contributed by atoms with Crippen LogP contribution in [0.25, 0.3) is 44.7 Å². The van der Waals surface area contributed by atoms with Gasteiger partial charge in [0.15, 0.2) is 0 Å². The van der Waals surface area contributed by atoms with Gasteiger partial charge in [-0.15, -0.1) is 0 Å². The van der Waals surface area contributed by atoms with E-state index in [0.29, 0.717) is 6.67 Å². The summed E-state index contributed by atoms with van der Waals surface area (Å²) in [7, 11) is 0. The first-order valence-electron chi connectivity index (χ1n) is 15.8. The van der Waals surface area contributed by atoms with Gasteiger partial charge < -0.3 is 9.47 Å². The number of anilines is 2. The van der Waals surface area contributed by atoms with Gasteiger partial charge in [-0.2, -0.15) is 0 Å². The lowest BCUT2D eigenvalue weighted by molar-refractivity contribution is 0.986. The largest absolute Gasteiger partial charge is 0.320 e. The smallest absolute Gasteiger partial charge is 0.115 e. The molecule has 0 atom stereocenters. The van der Waals surface area contributed by atoms with Crippen molar-refractivity contribution in [2.24, 2.45) is 9.98 Å². The van der Waals surface area contributed by atoms with Gasteiger partial charge in [-0.25, -0.2) is 0 Å². The number of hydrogen-bond acceptors (Lipinski definition) is 3. The van der Waals surface area contributed by atoms with Gasteiger partial charge in [0, 0.05) is 33.3 Å². The van der Waals surface area contributed by atoms with E-state index in [2.05, 4.69) is 136 Å². The fourth-order valence-corrected chi connectivity index (χ4v) is 6.66. The van der Waals surface area contributed by atoms with E-state index < -0.39 is 0 Å². The Labute approximate surface area is 274 Å². The highest BCUT2D eigenvalue weighted by molar-refractivity contribution is 6.13. The van der Waals surface area contributed by atoms with Crippen LogP contribution < -0.4 is 4.90 Å². The van der Waals surface area contributed by atoms with Crippen molar-refractivity contribution < 1.29 is 0 Å². The van der Waals surface area contributed by atoms with Gasteiger partial charge in [0.05, 0.1) is 34.0 Å². The van der Waals surface area contributed by atoms with Crippen molar-refractivity contribution in [2.45, 2.75) is 0 Å². The summed E-state index contributed by atoms with van der Waals surface area (Å²) in [4.78, 5) is 12.1. The van der Waals surface area contributed by atoms with E-state index in [4.69, 9.17) is 4.99 Å². The molecule has 1 aliphatic rings. The minimum atomic E-state index is 0.404. The zero-order valence-electron chi connectivity index (χ0n) is 25.9. The first-order valence-corrected chi connectivity index (χ1v) is 15.8. The fourth-order valence-electron chi connectivity index (χ4n) is 6.66. The third kappa shape index (κ3) is 5.06. The summed E-state index contributed by atoms with van der Waals surface area (Å²) in [5.74, 6) is 0. The zero-order chi connectivity index (χ0) is 31.6. The highest BCUT2D eigenvalue weighted by Crippen LogP contribution is 2.52. The Morgan fingerprint density at radius 2 is 1.13 bits per heavy atom. The summed E-state index contributed by atoms with van der Waals surface area (Å²) < 4.78 is 2.41. The average molecular weight is 605 g/mol. The monoisotopic (exact) mass is 604 g/mol. The number of hydrogen-bond donors (Lipinski definition) is 0. The molecule has 0 spiro atoms. The molecule has 47 heavy (non-hydrogen) atoms. The van der Waals surface area contributed by atoms with Crippen molar-refractivity contribution in [1.29, 1.82) is 0 Å². The number of benzene rings is 6. The number of allylic oxidation sites excluding steroid dienone is 1.